The normalized spacial score (nSPS) is 9.27. The van der Waals surface area contributed by atoms with Gasteiger partial charge in [0.25, 0.3) is 0 Å². The minimum Gasteiger partial charge on any atom is -0.477 e. The minimum atomic E-state index is -1.34. The fourth-order valence-electron chi connectivity index (χ4n) is 1.02. The third-order valence-electron chi connectivity index (χ3n) is 1.67. The first-order chi connectivity index (χ1) is 7.06. The molecule has 0 atom stereocenters. The molecule has 0 fully saturated rings. The van der Waals surface area contributed by atoms with Crippen LogP contribution in [0.25, 0.3) is 0 Å². The van der Waals surface area contributed by atoms with Crippen molar-refractivity contribution in [3.63, 3.8) is 0 Å². The largest absolute Gasteiger partial charge is 0.477 e. The van der Waals surface area contributed by atoms with E-state index in [4.69, 9.17) is 15.5 Å². The van der Waals surface area contributed by atoms with Crippen molar-refractivity contribution < 1.29 is 19.8 Å². The summed E-state index contributed by atoms with van der Waals surface area (Å²) in [6, 6.07) is 4.23. The van der Waals surface area contributed by atoms with Gasteiger partial charge >= 0.3 is 11.9 Å². The number of pyridine rings is 1. The number of hydrogen-bond acceptors (Lipinski definition) is 4. The van der Waals surface area contributed by atoms with Gasteiger partial charge in [0, 0.05) is 0 Å². The van der Waals surface area contributed by atoms with E-state index in [1.807, 2.05) is 0 Å². The van der Waals surface area contributed by atoms with Crippen LogP contribution in [0.1, 0.15) is 26.5 Å². The highest BCUT2D eigenvalue weighted by molar-refractivity contribution is 5.91. The van der Waals surface area contributed by atoms with Gasteiger partial charge in [-0.15, -0.1) is 0 Å². The predicted octanol–water partition coefficient (Wildman–Crippen LogP) is 0.544. The second-order valence-corrected chi connectivity index (χ2v) is 2.65. The van der Waals surface area contributed by atoms with E-state index in [1.54, 1.807) is 6.07 Å². The molecule has 6 heteroatoms. The van der Waals surface area contributed by atoms with E-state index >= 15 is 0 Å². The zero-order valence-electron chi connectivity index (χ0n) is 7.47. The number of nitriles is 1. The zero-order chi connectivity index (χ0) is 11.4. The molecule has 1 rings (SSSR count). The van der Waals surface area contributed by atoms with E-state index in [2.05, 4.69) is 4.98 Å². The lowest BCUT2D eigenvalue weighted by molar-refractivity contribution is 0.0684. The van der Waals surface area contributed by atoms with Crippen LogP contribution >= 0.6 is 0 Å². The summed E-state index contributed by atoms with van der Waals surface area (Å²) < 4.78 is 0. The Morgan fingerprint density at radius 2 is 2.00 bits per heavy atom. The summed E-state index contributed by atoms with van der Waals surface area (Å²) in [6.45, 7) is 0. The third-order valence-corrected chi connectivity index (χ3v) is 1.67. The Labute approximate surface area is 84.4 Å². The summed E-state index contributed by atoms with van der Waals surface area (Å²) in [5.41, 5.74) is -0.541. The van der Waals surface area contributed by atoms with Gasteiger partial charge < -0.3 is 10.2 Å². The first-order valence-corrected chi connectivity index (χ1v) is 3.89. The van der Waals surface area contributed by atoms with Crippen molar-refractivity contribution in [2.45, 2.75) is 6.42 Å². The van der Waals surface area contributed by atoms with Crippen LogP contribution in [-0.2, 0) is 6.42 Å². The Bertz CT molecular complexity index is 462. The fraction of sp³-hybridized carbons (Fsp3) is 0.111. The molecular formula is C9H6N2O4. The summed E-state index contributed by atoms with van der Waals surface area (Å²) in [6.07, 6.45) is -0.117. The molecule has 0 radical (unpaired) electrons. The van der Waals surface area contributed by atoms with Gasteiger partial charge in [-0.25, -0.2) is 14.6 Å². The SMILES string of the molecule is N#CCc1ccc(C(=O)O)nc1C(=O)O. The Hall–Kier alpha value is -2.42. The Kier molecular flexibility index (Phi) is 2.98. The molecular weight excluding hydrogens is 200 g/mol. The van der Waals surface area contributed by atoms with Crippen LogP contribution in [0.3, 0.4) is 0 Å². The van der Waals surface area contributed by atoms with Gasteiger partial charge in [-0.2, -0.15) is 5.26 Å². The van der Waals surface area contributed by atoms with Crippen LogP contribution in [0.15, 0.2) is 12.1 Å². The quantitative estimate of drug-likeness (QED) is 0.746. The summed E-state index contributed by atoms with van der Waals surface area (Å²) in [5.74, 6) is -2.65. The van der Waals surface area contributed by atoms with Crippen molar-refractivity contribution in [1.82, 2.24) is 4.98 Å². The van der Waals surface area contributed by atoms with Crippen LogP contribution < -0.4 is 0 Å². The van der Waals surface area contributed by atoms with Gasteiger partial charge in [0.2, 0.25) is 0 Å². The number of hydrogen-bond donors (Lipinski definition) is 2. The first-order valence-electron chi connectivity index (χ1n) is 3.89. The molecule has 6 nitrogen and oxygen atoms in total. The molecule has 1 aromatic rings. The molecule has 1 heterocycles. The Morgan fingerprint density at radius 1 is 1.33 bits per heavy atom. The molecule has 0 bridgehead atoms. The zero-order valence-corrected chi connectivity index (χ0v) is 7.47. The van der Waals surface area contributed by atoms with Crippen LogP contribution in [-0.4, -0.2) is 27.1 Å². The molecule has 76 valence electrons. The van der Waals surface area contributed by atoms with Crippen molar-refractivity contribution >= 4 is 11.9 Å². The number of carboxylic acids is 2. The van der Waals surface area contributed by atoms with Gasteiger partial charge in [0.1, 0.15) is 5.69 Å². The second-order valence-electron chi connectivity index (χ2n) is 2.65. The number of aromatic nitrogens is 1. The number of carboxylic acid groups (broad SMARTS) is 2. The van der Waals surface area contributed by atoms with Crippen molar-refractivity contribution in [3.05, 3.63) is 29.1 Å². The summed E-state index contributed by atoms with van der Waals surface area (Å²) in [5, 5.41) is 25.7. The van der Waals surface area contributed by atoms with Gasteiger partial charge in [-0.3, -0.25) is 0 Å². The van der Waals surface area contributed by atoms with Gasteiger partial charge in [0.15, 0.2) is 5.69 Å². The van der Waals surface area contributed by atoms with Gasteiger partial charge in [-0.1, -0.05) is 6.07 Å². The van der Waals surface area contributed by atoms with Crippen LogP contribution in [0, 0.1) is 11.3 Å². The van der Waals surface area contributed by atoms with Crippen molar-refractivity contribution in [2.75, 3.05) is 0 Å². The number of nitrogens with zero attached hydrogens (tertiary/aromatic N) is 2. The maximum Gasteiger partial charge on any atom is 0.354 e. The molecule has 0 saturated heterocycles. The molecule has 15 heavy (non-hydrogen) atoms. The summed E-state index contributed by atoms with van der Waals surface area (Å²) in [4.78, 5) is 24.7. The Balaban J connectivity index is 3.28. The maximum atomic E-state index is 10.7. The Morgan fingerprint density at radius 3 is 2.47 bits per heavy atom. The molecule has 0 amide bonds. The van der Waals surface area contributed by atoms with E-state index in [0.717, 1.165) is 0 Å². The standard InChI is InChI=1S/C9H6N2O4/c10-4-3-5-1-2-6(8(12)13)11-7(5)9(14)15/h1-2H,3H2,(H,12,13)(H,14,15). The van der Waals surface area contributed by atoms with Crippen LogP contribution in [0.4, 0.5) is 0 Å². The molecule has 0 saturated carbocycles. The fourth-order valence-corrected chi connectivity index (χ4v) is 1.02. The highest BCUT2D eigenvalue weighted by atomic mass is 16.4. The van der Waals surface area contributed by atoms with Crippen molar-refractivity contribution in [2.24, 2.45) is 0 Å². The third kappa shape index (κ3) is 2.28. The minimum absolute atomic E-state index is 0.117. The smallest absolute Gasteiger partial charge is 0.354 e. The van der Waals surface area contributed by atoms with Crippen LogP contribution in [0.2, 0.25) is 0 Å². The first kappa shape index (κ1) is 10.7. The number of rotatable bonds is 3. The average Bonchev–Trinajstić information content (AvgIpc) is 2.18. The topological polar surface area (TPSA) is 111 Å². The average molecular weight is 206 g/mol. The molecule has 0 unspecified atom stereocenters. The van der Waals surface area contributed by atoms with E-state index in [1.165, 1.54) is 12.1 Å². The molecule has 2 N–H and O–H groups in total. The molecule has 0 aliphatic rings. The van der Waals surface area contributed by atoms with Crippen molar-refractivity contribution in [3.8, 4) is 6.07 Å². The lowest BCUT2D eigenvalue weighted by Gasteiger charge is -2.01. The molecule has 1 aromatic heterocycles. The maximum absolute atomic E-state index is 10.7. The highest BCUT2D eigenvalue weighted by Gasteiger charge is 2.15. The summed E-state index contributed by atoms with van der Waals surface area (Å²) >= 11 is 0. The van der Waals surface area contributed by atoms with Crippen molar-refractivity contribution in [1.29, 1.82) is 5.26 Å². The van der Waals surface area contributed by atoms with E-state index in [-0.39, 0.29) is 17.7 Å². The molecule has 0 aliphatic carbocycles. The lowest BCUT2D eigenvalue weighted by atomic mass is 10.1. The van der Waals surface area contributed by atoms with E-state index in [0.29, 0.717) is 0 Å². The molecule has 0 spiro atoms. The van der Waals surface area contributed by atoms with Gasteiger partial charge in [0.05, 0.1) is 12.5 Å². The van der Waals surface area contributed by atoms with E-state index in [9.17, 15) is 9.59 Å². The second kappa shape index (κ2) is 4.19. The molecule has 0 aromatic carbocycles. The predicted molar refractivity (Wildman–Crippen MR) is 47.5 cm³/mol. The van der Waals surface area contributed by atoms with Gasteiger partial charge in [-0.05, 0) is 11.6 Å². The molecule has 0 aliphatic heterocycles. The summed E-state index contributed by atoms with van der Waals surface area (Å²) in [7, 11) is 0. The number of carbonyl (C=O) groups is 2. The number of aromatic carboxylic acids is 2. The van der Waals surface area contributed by atoms with Crippen LogP contribution in [0.5, 0.6) is 0 Å². The monoisotopic (exact) mass is 206 g/mol. The van der Waals surface area contributed by atoms with E-state index < -0.39 is 17.6 Å². The highest BCUT2D eigenvalue weighted by Crippen LogP contribution is 2.09. The lowest BCUT2D eigenvalue weighted by Crippen LogP contribution is -2.10.